The first kappa shape index (κ1) is 20.2. The molecule has 11 heteroatoms. The highest BCUT2D eigenvalue weighted by molar-refractivity contribution is 7.99. The maximum Gasteiger partial charge on any atom is 0.432 e. The van der Waals surface area contributed by atoms with Crippen molar-refractivity contribution in [3.63, 3.8) is 0 Å². The number of halogens is 3. The van der Waals surface area contributed by atoms with Crippen LogP contribution in [0.1, 0.15) is 23.0 Å². The minimum Gasteiger partial charge on any atom is -0.497 e. The van der Waals surface area contributed by atoms with Crippen molar-refractivity contribution >= 4 is 39.7 Å². The summed E-state index contributed by atoms with van der Waals surface area (Å²) >= 11 is 1.80. The summed E-state index contributed by atoms with van der Waals surface area (Å²) in [6.45, 7) is 1.79. The lowest BCUT2D eigenvalue weighted by Crippen LogP contribution is -2.30. The van der Waals surface area contributed by atoms with E-state index in [0.29, 0.717) is 32.9 Å². The van der Waals surface area contributed by atoms with E-state index >= 15 is 0 Å². The fourth-order valence-corrected chi connectivity index (χ4v) is 4.15. The van der Waals surface area contributed by atoms with Crippen LogP contribution in [0.5, 0.6) is 5.75 Å². The van der Waals surface area contributed by atoms with Crippen molar-refractivity contribution in [2.75, 3.05) is 18.2 Å². The predicted molar refractivity (Wildman–Crippen MR) is 102 cm³/mol. The molecule has 0 atom stereocenters. The van der Waals surface area contributed by atoms with Gasteiger partial charge in [0, 0.05) is 17.1 Å². The molecule has 0 aliphatic rings. The Morgan fingerprint density at radius 1 is 1.39 bits per heavy atom. The molecule has 2 heterocycles. The molecule has 3 aromatic rings. The second kappa shape index (κ2) is 7.84. The number of anilines is 1. The number of methoxy groups -OCH3 is 1. The summed E-state index contributed by atoms with van der Waals surface area (Å²) in [6, 6.07) is 6.39. The van der Waals surface area contributed by atoms with Gasteiger partial charge in [-0.3, -0.25) is 9.59 Å². The number of aromatic nitrogens is 2. The van der Waals surface area contributed by atoms with Gasteiger partial charge in [0.25, 0.3) is 11.5 Å². The number of hydrogen-bond donors (Lipinski definition) is 1. The highest BCUT2D eigenvalue weighted by Gasteiger charge is 2.36. The number of carbonyl (C=O) groups excluding carboxylic acids is 1. The van der Waals surface area contributed by atoms with Crippen LogP contribution in [0.15, 0.2) is 39.5 Å². The SMILES string of the molecule is CCSc1nc2scc(C(F)(F)F)n2c(=O)c1C(=O)Nc1cccc(OC)c1. The standard InChI is InChI=1S/C17H14F3N3O3S2/c1-3-27-14-12(13(24)21-9-5-4-6-10(7-9)26-2)15(25)23-11(17(18,19)20)8-28-16(23)22-14/h4-8H,3H2,1-2H3,(H,21,24). The summed E-state index contributed by atoms with van der Waals surface area (Å²) in [6.07, 6.45) is -4.75. The molecule has 3 rings (SSSR count). The molecule has 0 radical (unpaired) electrons. The van der Waals surface area contributed by atoms with Gasteiger partial charge in [0.15, 0.2) is 4.96 Å². The third-order valence-electron chi connectivity index (χ3n) is 3.66. The number of nitrogens with zero attached hydrogens (tertiary/aromatic N) is 2. The molecule has 0 aliphatic heterocycles. The monoisotopic (exact) mass is 429 g/mol. The number of thioether (sulfide) groups is 1. The van der Waals surface area contributed by atoms with Gasteiger partial charge in [-0.15, -0.1) is 23.1 Å². The summed E-state index contributed by atoms with van der Waals surface area (Å²) < 4.78 is 45.2. The number of fused-ring (bicyclic) bond motifs is 1. The molecule has 148 valence electrons. The van der Waals surface area contributed by atoms with Gasteiger partial charge in [0.2, 0.25) is 0 Å². The largest absolute Gasteiger partial charge is 0.497 e. The number of amides is 1. The number of carbonyl (C=O) groups is 1. The van der Waals surface area contributed by atoms with Crippen LogP contribution < -0.4 is 15.6 Å². The van der Waals surface area contributed by atoms with Crippen LogP contribution in [0.2, 0.25) is 0 Å². The van der Waals surface area contributed by atoms with Crippen LogP contribution in [0.3, 0.4) is 0 Å². The lowest BCUT2D eigenvalue weighted by atomic mass is 10.2. The number of benzene rings is 1. The van der Waals surface area contributed by atoms with E-state index < -0.39 is 28.9 Å². The topological polar surface area (TPSA) is 72.7 Å². The molecular formula is C17H14F3N3O3S2. The normalized spacial score (nSPS) is 11.6. The van der Waals surface area contributed by atoms with Gasteiger partial charge in [0.05, 0.1) is 7.11 Å². The van der Waals surface area contributed by atoms with Crippen LogP contribution in [-0.4, -0.2) is 28.2 Å². The zero-order chi connectivity index (χ0) is 20.5. The number of thiazole rings is 1. The van der Waals surface area contributed by atoms with Gasteiger partial charge in [-0.2, -0.15) is 13.2 Å². The van der Waals surface area contributed by atoms with Gasteiger partial charge in [-0.25, -0.2) is 9.38 Å². The van der Waals surface area contributed by atoms with Crippen LogP contribution in [-0.2, 0) is 6.18 Å². The van der Waals surface area contributed by atoms with Crippen LogP contribution in [0.25, 0.3) is 4.96 Å². The van der Waals surface area contributed by atoms with Crippen LogP contribution in [0, 0.1) is 0 Å². The van der Waals surface area contributed by atoms with E-state index in [0.717, 1.165) is 17.1 Å². The minimum atomic E-state index is -4.75. The zero-order valence-corrected chi connectivity index (χ0v) is 16.3. The Hall–Kier alpha value is -2.53. The Morgan fingerprint density at radius 3 is 2.79 bits per heavy atom. The Bertz CT molecular complexity index is 1090. The number of nitrogens with one attached hydrogen (secondary N) is 1. The van der Waals surface area contributed by atoms with Crippen LogP contribution in [0.4, 0.5) is 18.9 Å². The van der Waals surface area contributed by atoms with Gasteiger partial charge in [0.1, 0.15) is 22.0 Å². The van der Waals surface area contributed by atoms with Crippen molar-refractivity contribution in [2.45, 2.75) is 18.1 Å². The summed E-state index contributed by atoms with van der Waals surface area (Å²) in [5, 5.41) is 3.42. The average molecular weight is 429 g/mol. The molecule has 1 N–H and O–H groups in total. The molecule has 28 heavy (non-hydrogen) atoms. The van der Waals surface area contributed by atoms with Crippen molar-refractivity contribution in [3.05, 3.63) is 51.3 Å². The van der Waals surface area contributed by atoms with Gasteiger partial charge in [-0.05, 0) is 17.9 Å². The first-order valence-electron chi connectivity index (χ1n) is 7.96. The Labute approximate surface area is 165 Å². The summed E-state index contributed by atoms with van der Waals surface area (Å²) in [7, 11) is 1.45. The molecule has 0 unspecified atom stereocenters. The first-order valence-corrected chi connectivity index (χ1v) is 9.82. The average Bonchev–Trinajstić information content (AvgIpc) is 3.07. The molecular weight excluding hydrogens is 415 g/mol. The van der Waals surface area contributed by atoms with E-state index in [4.69, 9.17) is 4.74 Å². The van der Waals surface area contributed by atoms with Crippen LogP contribution >= 0.6 is 23.1 Å². The van der Waals surface area contributed by atoms with Crippen molar-refractivity contribution in [2.24, 2.45) is 0 Å². The molecule has 0 saturated carbocycles. The van der Waals surface area contributed by atoms with E-state index in [1.807, 2.05) is 0 Å². The summed E-state index contributed by atoms with van der Waals surface area (Å²) in [5.41, 5.74) is -2.32. The van der Waals surface area contributed by atoms with Crippen molar-refractivity contribution < 1.29 is 22.7 Å². The highest BCUT2D eigenvalue weighted by Crippen LogP contribution is 2.32. The Kier molecular flexibility index (Phi) is 5.66. The highest BCUT2D eigenvalue weighted by atomic mass is 32.2. The van der Waals surface area contributed by atoms with E-state index in [-0.39, 0.29) is 9.99 Å². The molecule has 6 nitrogen and oxygen atoms in total. The lowest BCUT2D eigenvalue weighted by Gasteiger charge is -2.11. The quantitative estimate of drug-likeness (QED) is 0.487. The Balaban J connectivity index is 2.14. The summed E-state index contributed by atoms with van der Waals surface area (Å²) in [5.74, 6) is 0.124. The zero-order valence-electron chi connectivity index (χ0n) is 14.7. The molecule has 0 bridgehead atoms. The third kappa shape index (κ3) is 3.85. The van der Waals surface area contributed by atoms with E-state index in [1.165, 1.54) is 13.2 Å². The van der Waals surface area contributed by atoms with E-state index in [1.54, 1.807) is 25.1 Å². The number of ether oxygens (including phenoxy) is 1. The number of hydrogen-bond acceptors (Lipinski definition) is 6. The fraction of sp³-hybridized carbons (Fsp3) is 0.235. The van der Waals surface area contributed by atoms with E-state index in [9.17, 15) is 22.8 Å². The Morgan fingerprint density at radius 2 is 2.14 bits per heavy atom. The second-order valence-corrected chi connectivity index (χ2v) is 7.54. The van der Waals surface area contributed by atoms with E-state index in [2.05, 4.69) is 10.3 Å². The molecule has 0 spiro atoms. The summed E-state index contributed by atoms with van der Waals surface area (Å²) in [4.78, 5) is 29.6. The van der Waals surface area contributed by atoms with Gasteiger partial charge < -0.3 is 10.1 Å². The molecule has 0 fully saturated rings. The molecule has 1 amide bonds. The van der Waals surface area contributed by atoms with Gasteiger partial charge >= 0.3 is 6.18 Å². The third-order valence-corrected chi connectivity index (χ3v) is 5.35. The minimum absolute atomic E-state index is 0.0865. The van der Waals surface area contributed by atoms with Crippen molar-refractivity contribution in [1.82, 2.24) is 9.38 Å². The number of rotatable bonds is 5. The maximum atomic E-state index is 13.2. The molecule has 1 aromatic carbocycles. The molecule has 0 aliphatic carbocycles. The van der Waals surface area contributed by atoms with Crippen molar-refractivity contribution in [3.8, 4) is 5.75 Å². The maximum absolute atomic E-state index is 13.2. The molecule has 2 aromatic heterocycles. The van der Waals surface area contributed by atoms with Gasteiger partial charge in [-0.1, -0.05) is 13.0 Å². The van der Waals surface area contributed by atoms with Crippen molar-refractivity contribution in [1.29, 1.82) is 0 Å². The smallest absolute Gasteiger partial charge is 0.432 e. The second-order valence-electron chi connectivity index (χ2n) is 5.45. The predicted octanol–water partition coefficient (Wildman–Crippen LogP) is 4.15. The fourth-order valence-electron chi connectivity index (χ4n) is 2.46. The first-order chi connectivity index (χ1) is 13.3. The number of alkyl halides is 3. The molecule has 0 saturated heterocycles. The lowest BCUT2D eigenvalue weighted by molar-refractivity contribution is -0.141.